The molecule has 4 nitrogen and oxygen atoms in total. The van der Waals surface area contributed by atoms with Gasteiger partial charge in [0.05, 0.1) is 5.92 Å². The molecule has 0 saturated heterocycles. The van der Waals surface area contributed by atoms with Gasteiger partial charge < -0.3 is 10.2 Å². The summed E-state index contributed by atoms with van der Waals surface area (Å²) in [6.07, 6.45) is 12.3. The minimum absolute atomic E-state index is 0.212. The number of carboxylic acids is 2. The SMILES string of the molecule is CCCCCCCCC(CCCCCCC(=O)O)C(=O)O. The van der Waals surface area contributed by atoms with E-state index in [1.54, 1.807) is 0 Å². The lowest BCUT2D eigenvalue weighted by molar-refractivity contribution is -0.142. The van der Waals surface area contributed by atoms with E-state index in [2.05, 4.69) is 6.92 Å². The predicted molar refractivity (Wildman–Crippen MR) is 84.5 cm³/mol. The van der Waals surface area contributed by atoms with Crippen LogP contribution in [0.4, 0.5) is 0 Å². The second-order valence-corrected chi connectivity index (χ2v) is 5.94. The first-order valence-electron chi connectivity index (χ1n) is 8.52. The third-order valence-corrected chi connectivity index (χ3v) is 3.95. The lowest BCUT2D eigenvalue weighted by atomic mass is 9.94. The first kappa shape index (κ1) is 19.9. The van der Waals surface area contributed by atoms with E-state index in [-0.39, 0.29) is 12.3 Å². The lowest BCUT2D eigenvalue weighted by Crippen LogP contribution is -2.13. The monoisotopic (exact) mass is 300 g/mol. The van der Waals surface area contributed by atoms with Crippen LogP contribution in [0.15, 0.2) is 0 Å². The maximum Gasteiger partial charge on any atom is 0.306 e. The summed E-state index contributed by atoms with van der Waals surface area (Å²) in [6, 6.07) is 0. The summed E-state index contributed by atoms with van der Waals surface area (Å²) >= 11 is 0. The van der Waals surface area contributed by atoms with Gasteiger partial charge in [-0.25, -0.2) is 0 Å². The minimum Gasteiger partial charge on any atom is -0.481 e. The summed E-state index contributed by atoms with van der Waals surface area (Å²) in [5.74, 6) is -1.63. The first-order valence-corrected chi connectivity index (χ1v) is 8.52. The third-order valence-electron chi connectivity index (χ3n) is 3.95. The molecule has 124 valence electrons. The molecule has 2 N–H and O–H groups in total. The molecule has 1 unspecified atom stereocenters. The number of hydrogen-bond donors (Lipinski definition) is 2. The van der Waals surface area contributed by atoms with Crippen LogP contribution in [0.2, 0.25) is 0 Å². The Morgan fingerprint density at radius 2 is 1.24 bits per heavy atom. The lowest BCUT2D eigenvalue weighted by Gasteiger charge is -2.12. The molecule has 0 saturated carbocycles. The van der Waals surface area contributed by atoms with E-state index in [0.29, 0.717) is 6.42 Å². The zero-order valence-electron chi connectivity index (χ0n) is 13.5. The van der Waals surface area contributed by atoms with Crippen molar-refractivity contribution in [2.24, 2.45) is 5.92 Å². The molecule has 0 rings (SSSR count). The number of hydrogen-bond acceptors (Lipinski definition) is 2. The zero-order chi connectivity index (χ0) is 15.9. The molecule has 0 fully saturated rings. The summed E-state index contributed by atoms with van der Waals surface area (Å²) < 4.78 is 0. The smallest absolute Gasteiger partial charge is 0.306 e. The average Bonchev–Trinajstić information content (AvgIpc) is 2.43. The number of unbranched alkanes of at least 4 members (excludes halogenated alkanes) is 8. The van der Waals surface area contributed by atoms with E-state index in [9.17, 15) is 14.7 Å². The van der Waals surface area contributed by atoms with Crippen molar-refractivity contribution in [3.8, 4) is 0 Å². The summed E-state index contributed by atoms with van der Waals surface area (Å²) in [5, 5.41) is 17.7. The molecule has 0 aliphatic rings. The number of carbonyl (C=O) groups is 2. The molecule has 0 spiro atoms. The van der Waals surface area contributed by atoms with E-state index in [1.165, 1.54) is 25.7 Å². The van der Waals surface area contributed by atoms with Crippen molar-refractivity contribution in [1.29, 1.82) is 0 Å². The van der Waals surface area contributed by atoms with Gasteiger partial charge in [-0.3, -0.25) is 9.59 Å². The Morgan fingerprint density at radius 1 is 0.762 bits per heavy atom. The average molecular weight is 300 g/mol. The van der Waals surface area contributed by atoms with Crippen LogP contribution in [0.3, 0.4) is 0 Å². The molecule has 0 heterocycles. The van der Waals surface area contributed by atoms with Crippen LogP contribution in [0.5, 0.6) is 0 Å². The fourth-order valence-corrected chi connectivity index (χ4v) is 2.58. The Hall–Kier alpha value is -1.06. The van der Waals surface area contributed by atoms with Crippen molar-refractivity contribution in [2.75, 3.05) is 0 Å². The Bertz CT molecular complexity index is 276. The van der Waals surface area contributed by atoms with E-state index in [4.69, 9.17) is 5.11 Å². The van der Waals surface area contributed by atoms with E-state index >= 15 is 0 Å². The molecule has 0 aliphatic carbocycles. The van der Waals surface area contributed by atoms with Crippen LogP contribution in [-0.2, 0) is 9.59 Å². The fourth-order valence-electron chi connectivity index (χ4n) is 2.58. The van der Waals surface area contributed by atoms with Crippen molar-refractivity contribution in [3.63, 3.8) is 0 Å². The van der Waals surface area contributed by atoms with Gasteiger partial charge in [-0.05, 0) is 19.3 Å². The highest BCUT2D eigenvalue weighted by Crippen LogP contribution is 2.19. The van der Waals surface area contributed by atoms with Crippen LogP contribution in [0, 0.1) is 5.92 Å². The van der Waals surface area contributed by atoms with E-state index in [1.807, 2.05) is 0 Å². The second kappa shape index (κ2) is 13.9. The maximum absolute atomic E-state index is 11.2. The highest BCUT2D eigenvalue weighted by molar-refractivity contribution is 5.69. The molecule has 1 atom stereocenters. The molecule has 0 radical (unpaired) electrons. The molecule has 4 heteroatoms. The van der Waals surface area contributed by atoms with Gasteiger partial charge in [0, 0.05) is 6.42 Å². The minimum atomic E-state index is -0.749. The summed E-state index contributed by atoms with van der Waals surface area (Å²) in [4.78, 5) is 21.6. The maximum atomic E-state index is 11.2. The molecule has 0 aromatic heterocycles. The number of rotatable bonds is 15. The van der Waals surface area contributed by atoms with Gasteiger partial charge in [0.25, 0.3) is 0 Å². The van der Waals surface area contributed by atoms with Crippen LogP contribution >= 0.6 is 0 Å². The molecular formula is C17H32O4. The molecule has 0 aromatic rings. The second-order valence-electron chi connectivity index (χ2n) is 5.94. The largest absolute Gasteiger partial charge is 0.481 e. The topological polar surface area (TPSA) is 74.6 Å². The van der Waals surface area contributed by atoms with Gasteiger partial charge in [-0.15, -0.1) is 0 Å². The number of aliphatic carboxylic acids is 2. The highest BCUT2D eigenvalue weighted by atomic mass is 16.4. The Kier molecular flexibility index (Phi) is 13.2. The van der Waals surface area contributed by atoms with Crippen molar-refractivity contribution in [1.82, 2.24) is 0 Å². The third kappa shape index (κ3) is 13.7. The quantitative estimate of drug-likeness (QED) is 0.423. The predicted octanol–water partition coefficient (Wildman–Crippen LogP) is 4.86. The van der Waals surface area contributed by atoms with Crippen LogP contribution in [0.1, 0.15) is 90.4 Å². The first-order chi connectivity index (χ1) is 10.1. The van der Waals surface area contributed by atoms with Crippen LogP contribution in [0.25, 0.3) is 0 Å². The molecule has 21 heavy (non-hydrogen) atoms. The van der Waals surface area contributed by atoms with Crippen molar-refractivity contribution >= 4 is 11.9 Å². The molecule has 0 bridgehead atoms. The normalized spacial score (nSPS) is 12.2. The van der Waals surface area contributed by atoms with Gasteiger partial charge in [-0.2, -0.15) is 0 Å². The van der Waals surface area contributed by atoms with Crippen molar-refractivity contribution in [3.05, 3.63) is 0 Å². The van der Waals surface area contributed by atoms with Crippen LogP contribution < -0.4 is 0 Å². The van der Waals surface area contributed by atoms with Crippen LogP contribution in [-0.4, -0.2) is 22.2 Å². The summed E-state index contributed by atoms with van der Waals surface area (Å²) in [7, 11) is 0. The number of carboxylic acid groups (broad SMARTS) is 2. The molecule has 0 amide bonds. The van der Waals surface area contributed by atoms with Gasteiger partial charge in [0.2, 0.25) is 0 Å². The van der Waals surface area contributed by atoms with E-state index in [0.717, 1.165) is 44.9 Å². The van der Waals surface area contributed by atoms with Gasteiger partial charge in [0.15, 0.2) is 0 Å². The van der Waals surface area contributed by atoms with Crippen molar-refractivity contribution in [2.45, 2.75) is 90.4 Å². The molecule has 0 aromatic carbocycles. The van der Waals surface area contributed by atoms with E-state index < -0.39 is 11.9 Å². The molecule has 0 aliphatic heterocycles. The fraction of sp³-hybridized carbons (Fsp3) is 0.882. The Morgan fingerprint density at radius 3 is 1.71 bits per heavy atom. The zero-order valence-corrected chi connectivity index (χ0v) is 13.5. The Balaban J connectivity index is 3.58. The van der Waals surface area contributed by atoms with Gasteiger partial charge in [0.1, 0.15) is 0 Å². The van der Waals surface area contributed by atoms with Gasteiger partial charge in [-0.1, -0.05) is 64.7 Å². The standard InChI is InChI=1S/C17H32O4/c1-2-3-4-5-6-9-12-15(17(20)21)13-10-7-8-11-14-16(18)19/h15H,2-14H2,1H3,(H,18,19)(H,20,21). The highest BCUT2D eigenvalue weighted by Gasteiger charge is 2.16. The van der Waals surface area contributed by atoms with Crippen molar-refractivity contribution < 1.29 is 19.8 Å². The molecular weight excluding hydrogens is 268 g/mol. The summed E-state index contributed by atoms with van der Waals surface area (Å²) in [5.41, 5.74) is 0. The van der Waals surface area contributed by atoms with Gasteiger partial charge >= 0.3 is 11.9 Å². The Labute approximate surface area is 128 Å². The summed E-state index contributed by atoms with van der Waals surface area (Å²) in [6.45, 7) is 2.19.